The molecule has 1 saturated heterocycles. The Kier molecular flexibility index (Phi) is 6.28. The highest BCUT2D eigenvalue weighted by Crippen LogP contribution is 2.27. The summed E-state index contributed by atoms with van der Waals surface area (Å²) in [7, 11) is -2.97. The van der Waals surface area contributed by atoms with Gasteiger partial charge in [0, 0.05) is 31.7 Å². The molecular weight excluding hydrogens is 284 g/mol. The Hall–Kier alpha value is -0.130. The van der Waals surface area contributed by atoms with Gasteiger partial charge in [0.2, 0.25) is 0 Å². The van der Waals surface area contributed by atoms with Crippen molar-refractivity contribution in [3.05, 3.63) is 0 Å². The predicted octanol–water partition coefficient (Wildman–Crippen LogP) is 2.15. The van der Waals surface area contributed by atoms with Crippen molar-refractivity contribution in [3.8, 4) is 0 Å². The molecular formula is C16H34N2O2S. The van der Waals surface area contributed by atoms with Crippen molar-refractivity contribution < 1.29 is 8.42 Å². The lowest BCUT2D eigenvalue weighted by Gasteiger charge is -2.47. The van der Waals surface area contributed by atoms with E-state index in [1.54, 1.807) is 13.8 Å². The molecule has 0 saturated carbocycles. The largest absolute Gasteiger partial charge is 0.311 e. The van der Waals surface area contributed by atoms with Crippen molar-refractivity contribution >= 4 is 9.84 Å². The van der Waals surface area contributed by atoms with Crippen molar-refractivity contribution in [2.45, 2.75) is 65.8 Å². The van der Waals surface area contributed by atoms with Crippen LogP contribution in [0.4, 0.5) is 0 Å². The van der Waals surface area contributed by atoms with Gasteiger partial charge in [0.05, 0.1) is 11.0 Å². The summed E-state index contributed by atoms with van der Waals surface area (Å²) in [4.78, 5) is 2.39. The fourth-order valence-corrected chi connectivity index (χ4v) is 3.82. The summed E-state index contributed by atoms with van der Waals surface area (Å²) in [6, 6.07) is 0.834. The van der Waals surface area contributed by atoms with E-state index in [4.69, 9.17) is 0 Å². The highest BCUT2D eigenvalue weighted by molar-refractivity contribution is 7.92. The molecule has 1 rings (SSSR count). The molecule has 1 fully saturated rings. The van der Waals surface area contributed by atoms with E-state index in [1.165, 1.54) is 0 Å². The van der Waals surface area contributed by atoms with Crippen LogP contribution in [0.5, 0.6) is 0 Å². The van der Waals surface area contributed by atoms with Crippen LogP contribution in [-0.2, 0) is 9.84 Å². The lowest BCUT2D eigenvalue weighted by molar-refractivity contribution is 0.0512. The maximum Gasteiger partial charge on any atom is 0.153 e. The van der Waals surface area contributed by atoms with Gasteiger partial charge in [-0.05, 0) is 25.2 Å². The van der Waals surface area contributed by atoms with Crippen LogP contribution in [0.2, 0.25) is 0 Å². The third-order valence-electron chi connectivity index (χ3n) is 4.63. The monoisotopic (exact) mass is 318 g/mol. The van der Waals surface area contributed by atoms with E-state index in [0.29, 0.717) is 24.5 Å². The zero-order valence-electron chi connectivity index (χ0n) is 14.8. The van der Waals surface area contributed by atoms with Crippen molar-refractivity contribution in [1.82, 2.24) is 10.2 Å². The minimum absolute atomic E-state index is 0.149. The zero-order valence-corrected chi connectivity index (χ0v) is 15.6. The fourth-order valence-electron chi connectivity index (χ4n) is 2.86. The smallest absolute Gasteiger partial charge is 0.153 e. The number of rotatable bonds is 5. The highest BCUT2D eigenvalue weighted by atomic mass is 32.2. The molecule has 0 radical (unpaired) electrons. The standard InChI is InChI=1S/C16H34N2O2S/c1-12(2)14-11-18(8-9-21(19,20)13(3)4)15(10-17-14)16(5,6)7/h12-15,17H,8-11H2,1-7H3. The molecule has 0 aromatic heterocycles. The zero-order chi connectivity index (χ0) is 16.4. The van der Waals surface area contributed by atoms with E-state index >= 15 is 0 Å². The second-order valence-electron chi connectivity index (χ2n) is 8.05. The number of sulfone groups is 1. The average Bonchev–Trinajstić information content (AvgIpc) is 2.34. The molecule has 0 aromatic carbocycles. The number of nitrogens with one attached hydrogen (secondary N) is 1. The molecule has 1 N–H and O–H groups in total. The molecule has 1 aliphatic heterocycles. The third kappa shape index (κ3) is 5.22. The maximum absolute atomic E-state index is 12.1. The van der Waals surface area contributed by atoms with E-state index in [0.717, 1.165) is 13.1 Å². The lowest BCUT2D eigenvalue weighted by Crippen LogP contribution is -2.62. The van der Waals surface area contributed by atoms with Crippen LogP contribution in [0.3, 0.4) is 0 Å². The Labute approximate surface area is 131 Å². The van der Waals surface area contributed by atoms with Gasteiger partial charge in [-0.15, -0.1) is 0 Å². The first-order chi connectivity index (χ1) is 9.45. The third-order valence-corrected chi connectivity index (χ3v) is 6.82. The molecule has 2 atom stereocenters. The summed E-state index contributed by atoms with van der Waals surface area (Å²) < 4.78 is 24.2. The van der Waals surface area contributed by atoms with Crippen LogP contribution in [0.15, 0.2) is 0 Å². The fraction of sp³-hybridized carbons (Fsp3) is 1.00. The molecule has 0 spiro atoms. The van der Waals surface area contributed by atoms with Crippen molar-refractivity contribution in [2.75, 3.05) is 25.4 Å². The number of hydrogen-bond donors (Lipinski definition) is 1. The van der Waals surface area contributed by atoms with Crippen LogP contribution >= 0.6 is 0 Å². The Morgan fingerprint density at radius 2 is 1.76 bits per heavy atom. The lowest BCUT2D eigenvalue weighted by atomic mass is 9.83. The van der Waals surface area contributed by atoms with E-state index in [2.05, 4.69) is 44.8 Å². The Morgan fingerprint density at radius 1 is 1.19 bits per heavy atom. The van der Waals surface area contributed by atoms with Gasteiger partial charge in [-0.1, -0.05) is 34.6 Å². The van der Waals surface area contributed by atoms with Gasteiger partial charge in [0.1, 0.15) is 0 Å². The molecule has 1 heterocycles. The first-order valence-corrected chi connectivity index (χ1v) is 9.85. The quantitative estimate of drug-likeness (QED) is 0.844. The minimum Gasteiger partial charge on any atom is -0.311 e. The number of hydrogen-bond acceptors (Lipinski definition) is 4. The van der Waals surface area contributed by atoms with Crippen LogP contribution in [0, 0.1) is 11.3 Å². The second kappa shape index (κ2) is 6.97. The van der Waals surface area contributed by atoms with Crippen LogP contribution < -0.4 is 5.32 Å². The topological polar surface area (TPSA) is 49.4 Å². The summed E-state index contributed by atoms with van der Waals surface area (Å²) >= 11 is 0. The summed E-state index contributed by atoms with van der Waals surface area (Å²) in [5, 5.41) is 3.35. The highest BCUT2D eigenvalue weighted by Gasteiger charge is 2.36. The van der Waals surface area contributed by atoms with Crippen molar-refractivity contribution in [2.24, 2.45) is 11.3 Å². The Bertz CT molecular complexity index is 424. The normalized spacial score (nSPS) is 25.8. The summed E-state index contributed by atoms with van der Waals surface area (Å²) in [6.45, 7) is 17.2. The van der Waals surface area contributed by atoms with Crippen LogP contribution in [0.25, 0.3) is 0 Å². The van der Waals surface area contributed by atoms with Gasteiger partial charge in [0.15, 0.2) is 9.84 Å². The first kappa shape index (κ1) is 18.9. The van der Waals surface area contributed by atoms with Gasteiger partial charge in [-0.25, -0.2) is 8.42 Å². The SMILES string of the molecule is CC(C)C1CN(CCS(=O)(=O)C(C)C)C(C(C)(C)C)CN1. The maximum atomic E-state index is 12.1. The molecule has 2 unspecified atom stereocenters. The number of piperazine rings is 1. The molecule has 0 amide bonds. The van der Waals surface area contributed by atoms with E-state index in [9.17, 15) is 8.42 Å². The van der Waals surface area contributed by atoms with Crippen LogP contribution in [0.1, 0.15) is 48.5 Å². The van der Waals surface area contributed by atoms with Crippen molar-refractivity contribution in [1.29, 1.82) is 0 Å². The first-order valence-electron chi connectivity index (χ1n) is 8.14. The molecule has 1 aliphatic rings. The second-order valence-corrected chi connectivity index (χ2v) is 10.7. The molecule has 21 heavy (non-hydrogen) atoms. The summed E-state index contributed by atoms with van der Waals surface area (Å²) in [6.07, 6.45) is 0. The van der Waals surface area contributed by atoms with Gasteiger partial charge >= 0.3 is 0 Å². The molecule has 0 bridgehead atoms. The summed E-state index contributed by atoms with van der Waals surface area (Å²) in [5.74, 6) is 0.831. The number of nitrogens with zero attached hydrogens (tertiary/aromatic N) is 1. The average molecular weight is 319 g/mol. The van der Waals surface area contributed by atoms with Gasteiger partial charge in [0.25, 0.3) is 0 Å². The van der Waals surface area contributed by atoms with E-state index in [1.807, 2.05) is 0 Å². The Morgan fingerprint density at radius 3 is 2.19 bits per heavy atom. The summed E-state index contributed by atoms with van der Waals surface area (Å²) in [5.41, 5.74) is 0.149. The van der Waals surface area contributed by atoms with Gasteiger partial charge in [-0.3, -0.25) is 4.90 Å². The van der Waals surface area contributed by atoms with E-state index < -0.39 is 9.84 Å². The Balaban J connectivity index is 2.80. The molecule has 126 valence electrons. The molecule has 5 heteroatoms. The predicted molar refractivity (Wildman–Crippen MR) is 90.4 cm³/mol. The van der Waals surface area contributed by atoms with Gasteiger partial charge < -0.3 is 5.32 Å². The minimum atomic E-state index is -2.97. The molecule has 0 aliphatic carbocycles. The van der Waals surface area contributed by atoms with Gasteiger partial charge in [-0.2, -0.15) is 0 Å². The van der Waals surface area contributed by atoms with Crippen molar-refractivity contribution in [3.63, 3.8) is 0 Å². The van der Waals surface area contributed by atoms with Crippen LogP contribution in [-0.4, -0.2) is 56.0 Å². The molecule has 4 nitrogen and oxygen atoms in total. The molecule has 0 aromatic rings. The van der Waals surface area contributed by atoms with E-state index in [-0.39, 0.29) is 16.4 Å².